The molecule has 0 amide bonds. The first-order chi connectivity index (χ1) is 11.3. The smallest absolute Gasteiger partial charge is 0.217 e. The monoisotopic (exact) mass is 321 g/mol. The number of azo groups is 2. The Bertz CT molecular complexity index is 819. The molecule has 0 saturated heterocycles. The van der Waals surface area contributed by atoms with Crippen LogP contribution in [0.5, 0.6) is 0 Å². The van der Waals surface area contributed by atoms with E-state index in [-0.39, 0.29) is 0 Å². The van der Waals surface area contributed by atoms with Gasteiger partial charge < -0.3 is 0 Å². The van der Waals surface area contributed by atoms with Gasteiger partial charge in [-0.25, -0.2) is 4.98 Å². The van der Waals surface area contributed by atoms with Crippen LogP contribution in [0.15, 0.2) is 87.2 Å². The average Bonchev–Trinajstić information content (AvgIpc) is 3.01. The standard InChI is InChI=1S/C17H15N5S/c1-2-8-16(20-19-13-9-4-3-5-10-13)21-22-17-18-14-11-6-7-12-15(14)23-17/h2-12,16H,1H3. The summed E-state index contributed by atoms with van der Waals surface area (Å²) in [7, 11) is 0. The van der Waals surface area contributed by atoms with Crippen LogP contribution < -0.4 is 0 Å². The van der Waals surface area contributed by atoms with E-state index in [9.17, 15) is 0 Å². The van der Waals surface area contributed by atoms with Crippen LogP contribution in [0.1, 0.15) is 6.92 Å². The second-order valence-corrected chi connectivity index (χ2v) is 5.68. The Hall–Kier alpha value is -2.73. The van der Waals surface area contributed by atoms with Crippen molar-refractivity contribution in [2.45, 2.75) is 13.1 Å². The summed E-state index contributed by atoms with van der Waals surface area (Å²) in [6, 6.07) is 17.5. The van der Waals surface area contributed by atoms with E-state index in [0.717, 1.165) is 15.9 Å². The predicted octanol–water partition coefficient (Wildman–Crippen LogP) is 6.07. The fourth-order valence-corrected chi connectivity index (χ4v) is 2.70. The van der Waals surface area contributed by atoms with E-state index in [1.54, 1.807) is 0 Å². The Morgan fingerprint density at radius 3 is 2.48 bits per heavy atom. The third-order valence-electron chi connectivity index (χ3n) is 2.96. The molecule has 6 heteroatoms. The number of allylic oxidation sites excluding steroid dienone is 1. The van der Waals surface area contributed by atoms with Crippen molar-refractivity contribution in [2.75, 3.05) is 0 Å². The molecule has 0 saturated carbocycles. The molecule has 0 bridgehead atoms. The van der Waals surface area contributed by atoms with E-state index >= 15 is 0 Å². The maximum Gasteiger partial charge on any atom is 0.230 e. The van der Waals surface area contributed by atoms with Gasteiger partial charge in [0.2, 0.25) is 5.13 Å². The van der Waals surface area contributed by atoms with E-state index in [4.69, 9.17) is 0 Å². The number of para-hydroxylation sites is 1. The van der Waals surface area contributed by atoms with Gasteiger partial charge in [-0.2, -0.15) is 15.3 Å². The number of fused-ring (bicyclic) bond motifs is 1. The van der Waals surface area contributed by atoms with E-state index in [0.29, 0.717) is 5.13 Å². The van der Waals surface area contributed by atoms with Gasteiger partial charge in [-0.3, -0.25) is 0 Å². The maximum atomic E-state index is 4.42. The molecular formula is C17H15N5S. The van der Waals surface area contributed by atoms with Crippen LogP contribution in [-0.4, -0.2) is 11.1 Å². The lowest BCUT2D eigenvalue weighted by atomic mass is 10.3. The number of hydrogen-bond acceptors (Lipinski definition) is 6. The van der Waals surface area contributed by atoms with Crippen molar-refractivity contribution in [3.8, 4) is 0 Å². The summed E-state index contributed by atoms with van der Waals surface area (Å²) in [5.74, 6) is 0. The lowest BCUT2D eigenvalue weighted by Gasteiger charge is -1.97. The Morgan fingerprint density at radius 1 is 0.957 bits per heavy atom. The first-order valence-electron chi connectivity index (χ1n) is 7.20. The lowest BCUT2D eigenvalue weighted by molar-refractivity contribution is 0.766. The summed E-state index contributed by atoms with van der Waals surface area (Å²) in [6.07, 6.45) is 3.27. The third kappa shape index (κ3) is 4.14. The van der Waals surface area contributed by atoms with Crippen molar-refractivity contribution in [1.82, 2.24) is 4.98 Å². The van der Waals surface area contributed by atoms with Crippen LogP contribution in [0.4, 0.5) is 10.8 Å². The summed E-state index contributed by atoms with van der Waals surface area (Å²) < 4.78 is 1.09. The zero-order valence-corrected chi connectivity index (χ0v) is 13.4. The number of benzene rings is 2. The molecule has 0 fully saturated rings. The molecule has 5 nitrogen and oxygen atoms in total. The highest BCUT2D eigenvalue weighted by Crippen LogP contribution is 2.28. The minimum Gasteiger partial charge on any atom is -0.217 e. The highest BCUT2D eigenvalue weighted by molar-refractivity contribution is 7.21. The molecule has 114 valence electrons. The van der Waals surface area contributed by atoms with E-state index in [2.05, 4.69) is 25.4 Å². The predicted molar refractivity (Wildman–Crippen MR) is 93.7 cm³/mol. The summed E-state index contributed by atoms with van der Waals surface area (Å²) >= 11 is 1.50. The number of hydrogen-bond donors (Lipinski definition) is 0. The Labute approximate surface area is 138 Å². The molecule has 0 aliphatic rings. The van der Waals surface area contributed by atoms with E-state index in [1.165, 1.54) is 11.3 Å². The number of aromatic nitrogens is 1. The summed E-state index contributed by atoms with van der Waals surface area (Å²) in [4.78, 5) is 4.42. The van der Waals surface area contributed by atoms with E-state index in [1.807, 2.05) is 73.7 Å². The van der Waals surface area contributed by atoms with Gasteiger partial charge in [0.25, 0.3) is 0 Å². The zero-order chi connectivity index (χ0) is 15.9. The fourth-order valence-electron chi connectivity index (χ4n) is 1.90. The van der Waals surface area contributed by atoms with Gasteiger partial charge in [-0.1, -0.05) is 47.7 Å². The van der Waals surface area contributed by atoms with Crippen molar-refractivity contribution in [1.29, 1.82) is 0 Å². The molecule has 1 unspecified atom stereocenters. The molecule has 0 radical (unpaired) electrons. The van der Waals surface area contributed by atoms with Crippen LogP contribution >= 0.6 is 11.3 Å². The number of nitrogens with zero attached hydrogens (tertiary/aromatic N) is 5. The summed E-state index contributed by atoms with van der Waals surface area (Å²) in [5, 5.41) is 17.4. The van der Waals surface area contributed by atoms with Crippen LogP contribution in [-0.2, 0) is 0 Å². The number of rotatable bonds is 5. The fraction of sp³-hybridized carbons (Fsp3) is 0.118. The quantitative estimate of drug-likeness (QED) is 0.415. The van der Waals surface area contributed by atoms with Crippen LogP contribution in [0, 0.1) is 0 Å². The molecule has 23 heavy (non-hydrogen) atoms. The molecule has 0 spiro atoms. The van der Waals surface area contributed by atoms with Crippen LogP contribution in [0.3, 0.4) is 0 Å². The Balaban J connectivity index is 1.77. The van der Waals surface area contributed by atoms with Crippen molar-refractivity contribution in [2.24, 2.45) is 20.5 Å². The minimum absolute atomic E-state index is 0.452. The van der Waals surface area contributed by atoms with Gasteiger partial charge >= 0.3 is 0 Å². The van der Waals surface area contributed by atoms with Gasteiger partial charge in [0.1, 0.15) is 0 Å². The molecule has 1 heterocycles. The minimum atomic E-state index is -0.452. The van der Waals surface area contributed by atoms with Crippen molar-refractivity contribution < 1.29 is 0 Å². The molecule has 0 aliphatic heterocycles. The molecule has 2 aromatic carbocycles. The van der Waals surface area contributed by atoms with Crippen LogP contribution in [0.25, 0.3) is 10.2 Å². The van der Waals surface area contributed by atoms with Crippen molar-refractivity contribution >= 4 is 32.4 Å². The molecular weight excluding hydrogens is 306 g/mol. The normalized spacial score (nSPS) is 13.6. The van der Waals surface area contributed by atoms with Crippen molar-refractivity contribution in [3.05, 3.63) is 66.7 Å². The molecule has 1 aromatic heterocycles. The van der Waals surface area contributed by atoms with E-state index < -0.39 is 6.17 Å². The molecule has 0 N–H and O–H groups in total. The van der Waals surface area contributed by atoms with Gasteiger partial charge in [-0.15, -0.1) is 5.11 Å². The largest absolute Gasteiger partial charge is 0.230 e. The lowest BCUT2D eigenvalue weighted by Crippen LogP contribution is -1.91. The Kier molecular flexibility index (Phi) is 4.95. The van der Waals surface area contributed by atoms with Gasteiger partial charge in [0.05, 0.1) is 15.9 Å². The second kappa shape index (κ2) is 7.51. The second-order valence-electron chi connectivity index (χ2n) is 4.67. The highest BCUT2D eigenvalue weighted by Gasteiger charge is 2.03. The van der Waals surface area contributed by atoms with Crippen molar-refractivity contribution in [3.63, 3.8) is 0 Å². The Morgan fingerprint density at radius 2 is 1.70 bits per heavy atom. The first-order valence-corrected chi connectivity index (χ1v) is 8.02. The zero-order valence-electron chi connectivity index (χ0n) is 12.6. The van der Waals surface area contributed by atoms with Crippen LogP contribution in [0.2, 0.25) is 0 Å². The van der Waals surface area contributed by atoms with Gasteiger partial charge in [0, 0.05) is 0 Å². The maximum absolute atomic E-state index is 4.42. The molecule has 3 rings (SSSR count). The highest BCUT2D eigenvalue weighted by atomic mass is 32.1. The molecule has 1 atom stereocenters. The molecule has 0 aliphatic carbocycles. The number of thiazole rings is 1. The molecule has 3 aromatic rings. The summed E-state index contributed by atoms with van der Waals surface area (Å²) in [5.41, 5.74) is 1.72. The van der Waals surface area contributed by atoms with Gasteiger partial charge in [-0.05, 0) is 37.3 Å². The SMILES string of the molecule is CC=CC(N=Nc1ccccc1)N=Nc1nc2ccccc2s1. The first kappa shape index (κ1) is 15.2. The third-order valence-corrected chi connectivity index (χ3v) is 3.88. The summed E-state index contributed by atoms with van der Waals surface area (Å²) in [6.45, 7) is 1.91. The average molecular weight is 321 g/mol. The topological polar surface area (TPSA) is 62.3 Å². The van der Waals surface area contributed by atoms with Gasteiger partial charge in [0.15, 0.2) is 6.17 Å².